The van der Waals surface area contributed by atoms with Gasteiger partial charge in [0.2, 0.25) is 0 Å². The molecular formula is C24H29NO6S. The standard InChI is InChI=1S/C24H29NO6S/c1-5-30-23(26)20-19(18-8-7-11-32-18)22(24(27)31-6-2)25-10-9-14-12-16(28-3)17(29-4)13-15(14)21(20)25/h7-8,11-13,19-22H,5-6,9-10H2,1-4H3/t19-,20-,21+,22+/m1/s1. The Labute approximate surface area is 192 Å². The summed E-state index contributed by atoms with van der Waals surface area (Å²) in [6.07, 6.45) is 0.731. The average Bonchev–Trinajstić information content (AvgIpc) is 3.44. The maximum atomic E-state index is 13.4. The summed E-state index contributed by atoms with van der Waals surface area (Å²) in [5.41, 5.74) is 2.06. The molecule has 0 N–H and O–H groups in total. The first-order chi connectivity index (χ1) is 15.5. The number of carbonyl (C=O) groups is 2. The van der Waals surface area contributed by atoms with Gasteiger partial charge in [0.15, 0.2) is 11.5 Å². The predicted molar refractivity (Wildman–Crippen MR) is 120 cm³/mol. The fourth-order valence-electron chi connectivity index (χ4n) is 5.14. The molecule has 0 spiro atoms. The third-order valence-corrected chi connectivity index (χ3v) is 7.32. The largest absolute Gasteiger partial charge is 0.493 e. The van der Waals surface area contributed by atoms with Crippen LogP contribution in [0.25, 0.3) is 0 Å². The van der Waals surface area contributed by atoms with Crippen molar-refractivity contribution in [3.8, 4) is 11.5 Å². The normalized spacial score (nSPS) is 24.4. The van der Waals surface area contributed by atoms with Gasteiger partial charge in [-0.2, -0.15) is 0 Å². The zero-order valence-corrected chi connectivity index (χ0v) is 19.6. The van der Waals surface area contributed by atoms with Gasteiger partial charge in [-0.15, -0.1) is 11.3 Å². The van der Waals surface area contributed by atoms with E-state index in [9.17, 15) is 9.59 Å². The highest BCUT2D eigenvalue weighted by atomic mass is 32.1. The van der Waals surface area contributed by atoms with Crippen LogP contribution < -0.4 is 9.47 Å². The Morgan fingerprint density at radius 2 is 1.75 bits per heavy atom. The van der Waals surface area contributed by atoms with Crippen LogP contribution in [0, 0.1) is 5.92 Å². The molecule has 2 aliphatic rings. The number of methoxy groups -OCH3 is 2. The van der Waals surface area contributed by atoms with Crippen molar-refractivity contribution in [3.63, 3.8) is 0 Å². The van der Waals surface area contributed by atoms with Crippen LogP contribution in [0.5, 0.6) is 11.5 Å². The van der Waals surface area contributed by atoms with Gasteiger partial charge < -0.3 is 18.9 Å². The SMILES string of the molecule is CCOC(=O)[C@@H]1[C@@H](c2cccs2)[C@@H](C(=O)OCC)N2CCc3cc(OC)c(OC)cc3[C@@H]12. The van der Waals surface area contributed by atoms with E-state index in [-0.39, 0.29) is 37.1 Å². The van der Waals surface area contributed by atoms with E-state index in [0.29, 0.717) is 18.0 Å². The lowest BCUT2D eigenvalue weighted by Crippen LogP contribution is -2.43. The zero-order chi connectivity index (χ0) is 22.8. The molecule has 2 aromatic rings. The molecule has 0 unspecified atom stereocenters. The van der Waals surface area contributed by atoms with Crippen molar-refractivity contribution in [2.24, 2.45) is 5.92 Å². The Balaban J connectivity index is 1.89. The lowest BCUT2D eigenvalue weighted by atomic mass is 9.81. The van der Waals surface area contributed by atoms with Gasteiger partial charge in [0.25, 0.3) is 0 Å². The van der Waals surface area contributed by atoms with E-state index in [1.807, 2.05) is 29.6 Å². The molecule has 4 rings (SSSR count). The molecule has 0 bridgehead atoms. The quantitative estimate of drug-likeness (QED) is 0.586. The van der Waals surface area contributed by atoms with Crippen molar-refractivity contribution < 1.29 is 28.5 Å². The van der Waals surface area contributed by atoms with E-state index in [2.05, 4.69) is 4.90 Å². The van der Waals surface area contributed by atoms with E-state index in [1.165, 1.54) is 0 Å². The Hall–Kier alpha value is -2.58. The summed E-state index contributed by atoms with van der Waals surface area (Å²) in [6.45, 7) is 4.80. The molecule has 2 aliphatic heterocycles. The van der Waals surface area contributed by atoms with Crippen LogP contribution in [0.1, 0.15) is 41.8 Å². The van der Waals surface area contributed by atoms with E-state index in [1.54, 1.807) is 39.4 Å². The molecule has 172 valence electrons. The van der Waals surface area contributed by atoms with Crippen LogP contribution in [0.2, 0.25) is 0 Å². The summed E-state index contributed by atoms with van der Waals surface area (Å²) >= 11 is 1.55. The van der Waals surface area contributed by atoms with Crippen LogP contribution >= 0.6 is 11.3 Å². The molecule has 0 saturated carbocycles. The average molecular weight is 460 g/mol. The number of fused-ring (bicyclic) bond motifs is 3. The Morgan fingerprint density at radius 3 is 2.38 bits per heavy atom. The van der Waals surface area contributed by atoms with Crippen LogP contribution in [0.4, 0.5) is 0 Å². The Kier molecular flexibility index (Phi) is 6.71. The number of thiophene rings is 1. The van der Waals surface area contributed by atoms with Gasteiger partial charge in [-0.3, -0.25) is 14.5 Å². The van der Waals surface area contributed by atoms with Crippen molar-refractivity contribution >= 4 is 23.3 Å². The molecule has 0 aliphatic carbocycles. The molecule has 3 heterocycles. The third-order valence-electron chi connectivity index (χ3n) is 6.34. The molecule has 1 fully saturated rings. The van der Waals surface area contributed by atoms with Crippen LogP contribution in [-0.4, -0.2) is 56.9 Å². The lowest BCUT2D eigenvalue weighted by Gasteiger charge is -2.36. The third kappa shape index (κ3) is 3.75. The van der Waals surface area contributed by atoms with Gasteiger partial charge >= 0.3 is 11.9 Å². The van der Waals surface area contributed by atoms with E-state index in [0.717, 1.165) is 22.4 Å². The molecule has 32 heavy (non-hydrogen) atoms. The lowest BCUT2D eigenvalue weighted by molar-refractivity contribution is -0.149. The number of esters is 2. The predicted octanol–water partition coefficient (Wildman–Crippen LogP) is 3.57. The molecule has 1 aromatic carbocycles. The van der Waals surface area contributed by atoms with Gasteiger partial charge in [0.05, 0.1) is 39.4 Å². The van der Waals surface area contributed by atoms with Gasteiger partial charge in [0.1, 0.15) is 6.04 Å². The minimum atomic E-state index is -0.561. The highest BCUT2D eigenvalue weighted by molar-refractivity contribution is 7.10. The van der Waals surface area contributed by atoms with Crippen LogP contribution in [0.15, 0.2) is 29.6 Å². The van der Waals surface area contributed by atoms with Crippen LogP contribution in [-0.2, 0) is 25.5 Å². The Bertz CT molecular complexity index is 975. The zero-order valence-electron chi connectivity index (χ0n) is 18.8. The van der Waals surface area contributed by atoms with Crippen molar-refractivity contribution in [1.29, 1.82) is 0 Å². The van der Waals surface area contributed by atoms with Crippen molar-refractivity contribution in [2.75, 3.05) is 34.0 Å². The number of hydrogen-bond acceptors (Lipinski definition) is 8. The highest BCUT2D eigenvalue weighted by Crippen LogP contribution is 2.54. The first-order valence-corrected chi connectivity index (χ1v) is 11.8. The van der Waals surface area contributed by atoms with Crippen molar-refractivity contribution in [2.45, 2.75) is 38.3 Å². The molecule has 8 heteroatoms. The maximum absolute atomic E-state index is 13.4. The number of rotatable bonds is 7. The topological polar surface area (TPSA) is 74.3 Å². The summed E-state index contributed by atoms with van der Waals surface area (Å²) in [7, 11) is 3.21. The fourth-order valence-corrected chi connectivity index (χ4v) is 6.05. The highest BCUT2D eigenvalue weighted by Gasteiger charge is 2.58. The summed E-state index contributed by atoms with van der Waals surface area (Å²) < 4.78 is 22.1. The van der Waals surface area contributed by atoms with Crippen molar-refractivity contribution in [1.82, 2.24) is 4.90 Å². The molecule has 1 saturated heterocycles. The minimum absolute atomic E-state index is 0.280. The molecule has 1 aromatic heterocycles. The van der Waals surface area contributed by atoms with E-state index < -0.39 is 12.0 Å². The van der Waals surface area contributed by atoms with E-state index >= 15 is 0 Å². The van der Waals surface area contributed by atoms with E-state index in [4.69, 9.17) is 18.9 Å². The Morgan fingerprint density at radius 1 is 1.06 bits per heavy atom. The summed E-state index contributed by atoms with van der Waals surface area (Å²) in [5, 5.41) is 1.97. The number of nitrogens with zero attached hydrogens (tertiary/aromatic N) is 1. The smallest absolute Gasteiger partial charge is 0.324 e. The fraction of sp³-hybridized carbons (Fsp3) is 0.500. The second-order valence-electron chi connectivity index (χ2n) is 7.85. The molecule has 0 radical (unpaired) electrons. The van der Waals surface area contributed by atoms with Gasteiger partial charge in [-0.1, -0.05) is 6.07 Å². The number of carbonyl (C=O) groups excluding carboxylic acids is 2. The van der Waals surface area contributed by atoms with Crippen LogP contribution in [0.3, 0.4) is 0 Å². The minimum Gasteiger partial charge on any atom is -0.493 e. The second kappa shape index (κ2) is 9.50. The number of ether oxygens (including phenoxy) is 4. The molecular weight excluding hydrogens is 430 g/mol. The first-order valence-electron chi connectivity index (χ1n) is 10.9. The number of benzene rings is 1. The molecule has 0 amide bonds. The van der Waals surface area contributed by atoms with Gasteiger partial charge in [-0.25, -0.2) is 0 Å². The molecule has 4 atom stereocenters. The second-order valence-corrected chi connectivity index (χ2v) is 8.83. The maximum Gasteiger partial charge on any atom is 0.324 e. The van der Waals surface area contributed by atoms with Crippen molar-refractivity contribution in [3.05, 3.63) is 45.6 Å². The molecule has 7 nitrogen and oxygen atoms in total. The number of hydrogen-bond donors (Lipinski definition) is 0. The summed E-state index contributed by atoms with van der Waals surface area (Å²) in [6, 6.07) is 6.97. The summed E-state index contributed by atoms with van der Waals surface area (Å²) in [4.78, 5) is 29.7. The van der Waals surface area contributed by atoms with Gasteiger partial charge in [0, 0.05) is 17.3 Å². The monoisotopic (exact) mass is 459 g/mol. The van der Waals surface area contributed by atoms with Gasteiger partial charge in [-0.05, 0) is 55.0 Å². The summed E-state index contributed by atoms with van der Waals surface area (Å²) in [5.74, 6) is -0.232. The first kappa shape index (κ1) is 22.6.